The van der Waals surface area contributed by atoms with Gasteiger partial charge in [-0.15, -0.1) is 0 Å². The minimum absolute atomic E-state index is 0.647. The lowest BCUT2D eigenvalue weighted by atomic mass is 10.1. The summed E-state index contributed by atoms with van der Waals surface area (Å²) < 4.78 is 0. The first-order valence-corrected chi connectivity index (χ1v) is 9.80. The van der Waals surface area contributed by atoms with Gasteiger partial charge in [-0.25, -0.2) is 0 Å². The predicted octanol–water partition coefficient (Wildman–Crippen LogP) is 0.621. The van der Waals surface area contributed by atoms with Crippen molar-refractivity contribution in [1.82, 2.24) is 0 Å². The van der Waals surface area contributed by atoms with Gasteiger partial charge in [0.25, 0.3) is 0 Å². The summed E-state index contributed by atoms with van der Waals surface area (Å²) in [4.78, 5) is 17.8. The van der Waals surface area contributed by atoms with Gasteiger partial charge in [0.1, 0.15) is 0 Å². The molecule has 0 aromatic heterocycles. The highest BCUT2D eigenvalue weighted by Gasteiger charge is 2.27. The Morgan fingerprint density at radius 3 is 2.39 bits per heavy atom. The summed E-state index contributed by atoms with van der Waals surface area (Å²) in [6.07, 6.45) is 5.03. The maximum absolute atomic E-state index is 9.08. The van der Waals surface area contributed by atoms with Crippen LogP contribution >= 0.6 is 0 Å². The molecule has 0 radical (unpaired) electrons. The summed E-state index contributed by atoms with van der Waals surface area (Å²) in [5.74, 6) is 0.927. The molecule has 2 nitrogen and oxygen atoms in total. The van der Waals surface area contributed by atoms with Gasteiger partial charge in [-0.1, -0.05) is 57.4 Å². The highest BCUT2D eigenvalue weighted by molar-refractivity contribution is 6.46. The third-order valence-electron chi connectivity index (χ3n) is 3.52. The van der Waals surface area contributed by atoms with Crippen molar-refractivity contribution in [3.63, 3.8) is 0 Å². The largest absolute Gasteiger partial charge is 0.438 e. The fraction of sp³-hybridized carbons (Fsp3) is 0.571. The first kappa shape index (κ1) is 15.6. The Bertz CT molecular complexity index is 340. The van der Waals surface area contributed by atoms with E-state index in [1.165, 1.54) is 23.6 Å². The third-order valence-corrected chi connectivity index (χ3v) is 5.80. The number of hydrogen-bond acceptors (Lipinski definition) is 2. The van der Waals surface area contributed by atoms with Crippen LogP contribution in [0.4, 0.5) is 0 Å². The fourth-order valence-electron chi connectivity index (χ4n) is 2.04. The summed E-state index contributed by atoms with van der Waals surface area (Å²) in [6.45, 7) is 4.33. The molecule has 0 saturated heterocycles. The molecule has 0 aliphatic heterocycles. The average molecular weight is 283 g/mol. The minimum Gasteiger partial charge on any atom is -0.438 e. The van der Waals surface area contributed by atoms with Crippen molar-refractivity contribution in [2.75, 3.05) is 0 Å². The summed E-state index contributed by atoms with van der Waals surface area (Å²) >= 11 is 0. The van der Waals surface area contributed by atoms with Crippen LogP contribution in [0.3, 0.4) is 0 Å². The summed E-state index contributed by atoms with van der Waals surface area (Å²) in [6, 6.07) is 8.19. The molecule has 1 aromatic rings. The Morgan fingerprint density at radius 2 is 1.94 bits per heavy atom. The Kier molecular flexibility index (Phi) is 7.50. The Labute approximate surface area is 115 Å². The molecule has 2 rings (SSSR count). The second-order valence-electron chi connectivity index (χ2n) is 5.17. The van der Waals surface area contributed by atoms with E-state index >= 15 is 0 Å². The van der Waals surface area contributed by atoms with Crippen molar-refractivity contribution in [3.8, 4) is 0 Å². The second-order valence-corrected chi connectivity index (χ2v) is 7.91. The monoisotopic (exact) mass is 282 g/mol. The first-order chi connectivity index (χ1) is 8.72. The van der Waals surface area contributed by atoms with Crippen molar-refractivity contribution in [1.29, 1.82) is 0 Å². The number of rotatable bonds is 5. The fourth-order valence-corrected chi connectivity index (χ4v) is 3.55. The molecule has 0 bridgehead atoms. The quantitative estimate of drug-likeness (QED) is 0.778. The molecule has 4 heteroatoms. The van der Waals surface area contributed by atoms with Crippen LogP contribution in [0.1, 0.15) is 38.7 Å². The molecule has 0 amide bonds. The van der Waals surface area contributed by atoms with Crippen LogP contribution < -0.4 is 5.19 Å². The van der Waals surface area contributed by atoms with Gasteiger partial charge in [0.2, 0.25) is 0 Å². The molecule has 0 spiro atoms. The smallest absolute Gasteiger partial charge is 0.188 e. The zero-order valence-corrected chi connectivity index (χ0v) is 14.4. The molecule has 1 aliphatic rings. The van der Waals surface area contributed by atoms with E-state index in [0.717, 1.165) is 18.8 Å². The topological polar surface area (TPSA) is 40.5 Å². The molecule has 18 heavy (non-hydrogen) atoms. The van der Waals surface area contributed by atoms with Gasteiger partial charge in [-0.2, -0.15) is 0 Å². The molecule has 1 unspecified atom stereocenters. The number of benzene rings is 1. The zero-order chi connectivity index (χ0) is 13.4. The van der Waals surface area contributed by atoms with Crippen LogP contribution in [-0.2, 0) is 6.42 Å². The SMILES string of the molecule is CC([SiH2]O)C1CC1.CCCc1ccccc1[SiH2]O. The van der Waals surface area contributed by atoms with Gasteiger partial charge in [0, 0.05) is 0 Å². The van der Waals surface area contributed by atoms with Crippen molar-refractivity contribution in [3.05, 3.63) is 29.8 Å². The Hall–Kier alpha value is -0.426. The van der Waals surface area contributed by atoms with Gasteiger partial charge in [-0.3, -0.25) is 0 Å². The lowest BCUT2D eigenvalue weighted by molar-refractivity contribution is 0.567. The summed E-state index contributed by atoms with van der Waals surface area (Å²) in [5, 5.41) is 1.20. The Morgan fingerprint density at radius 1 is 1.28 bits per heavy atom. The lowest BCUT2D eigenvalue weighted by Crippen LogP contribution is -2.18. The molecule has 1 aliphatic carbocycles. The molecule has 1 saturated carbocycles. The van der Waals surface area contributed by atoms with E-state index in [4.69, 9.17) is 9.59 Å². The molecule has 102 valence electrons. The normalized spacial score (nSPS) is 17.1. The molecule has 1 atom stereocenters. The van der Waals surface area contributed by atoms with Crippen LogP contribution in [0.2, 0.25) is 5.54 Å². The van der Waals surface area contributed by atoms with Crippen molar-refractivity contribution in [2.45, 2.75) is 45.1 Å². The average Bonchev–Trinajstić information content (AvgIpc) is 3.24. The molecule has 0 heterocycles. The van der Waals surface area contributed by atoms with E-state index in [1.54, 1.807) is 0 Å². The van der Waals surface area contributed by atoms with Crippen LogP contribution in [0.25, 0.3) is 0 Å². The van der Waals surface area contributed by atoms with Crippen molar-refractivity contribution >= 4 is 24.7 Å². The first-order valence-electron chi connectivity index (χ1n) is 7.01. The van der Waals surface area contributed by atoms with E-state index in [0.29, 0.717) is 5.54 Å². The van der Waals surface area contributed by atoms with Crippen LogP contribution in [-0.4, -0.2) is 29.1 Å². The van der Waals surface area contributed by atoms with Gasteiger partial charge >= 0.3 is 0 Å². The van der Waals surface area contributed by atoms with E-state index in [-0.39, 0.29) is 0 Å². The molecule has 1 fully saturated rings. The van der Waals surface area contributed by atoms with Crippen LogP contribution in [0, 0.1) is 5.92 Å². The number of hydrogen-bond donors (Lipinski definition) is 2. The van der Waals surface area contributed by atoms with Gasteiger partial charge < -0.3 is 9.59 Å². The number of aryl methyl sites for hydroxylation is 1. The van der Waals surface area contributed by atoms with Crippen molar-refractivity contribution < 1.29 is 9.59 Å². The lowest BCUT2D eigenvalue weighted by Gasteiger charge is -2.03. The second kappa shape index (κ2) is 8.64. The highest BCUT2D eigenvalue weighted by atomic mass is 28.2. The Balaban J connectivity index is 0.000000199. The molecule has 2 N–H and O–H groups in total. The van der Waals surface area contributed by atoms with Gasteiger partial charge in [0.05, 0.1) is 0 Å². The van der Waals surface area contributed by atoms with Crippen LogP contribution in [0.5, 0.6) is 0 Å². The minimum atomic E-state index is -0.958. The van der Waals surface area contributed by atoms with E-state index in [9.17, 15) is 0 Å². The highest BCUT2D eigenvalue weighted by Crippen LogP contribution is 2.39. The third kappa shape index (κ3) is 5.48. The molecular weight excluding hydrogens is 256 g/mol. The van der Waals surface area contributed by atoms with E-state index < -0.39 is 19.5 Å². The maximum Gasteiger partial charge on any atom is 0.188 e. The maximum atomic E-state index is 9.08. The summed E-state index contributed by atoms with van der Waals surface area (Å²) in [7, 11) is -1.60. The van der Waals surface area contributed by atoms with Crippen LogP contribution in [0.15, 0.2) is 24.3 Å². The van der Waals surface area contributed by atoms with E-state index in [1.807, 2.05) is 18.2 Å². The summed E-state index contributed by atoms with van der Waals surface area (Å²) in [5.41, 5.74) is 2.05. The van der Waals surface area contributed by atoms with Gasteiger partial charge in [0.15, 0.2) is 19.5 Å². The van der Waals surface area contributed by atoms with Gasteiger partial charge in [-0.05, 0) is 28.6 Å². The predicted molar refractivity (Wildman–Crippen MR) is 83.7 cm³/mol. The zero-order valence-electron chi connectivity index (χ0n) is 11.6. The van der Waals surface area contributed by atoms with E-state index in [2.05, 4.69) is 19.9 Å². The van der Waals surface area contributed by atoms with Crippen molar-refractivity contribution in [2.24, 2.45) is 5.92 Å². The standard InChI is InChI=1S/C9H14OSi.C5H12OSi/c1-2-5-8-6-3-4-7-9(8)11-10;1-4(7-6)5-2-3-5/h3-4,6-7,10H,2,5,11H2,1H3;4-6H,2-3,7H2,1H3. The molecular formula is C14H26O2Si2. The molecule has 1 aromatic carbocycles.